The minimum absolute atomic E-state index is 0.102. The first kappa shape index (κ1) is 12.9. The van der Waals surface area contributed by atoms with Gasteiger partial charge in [-0.05, 0) is 23.6 Å². The normalized spacial score (nSPS) is 14.5. The van der Waals surface area contributed by atoms with E-state index < -0.39 is 23.8 Å². The zero-order chi connectivity index (χ0) is 12.3. The van der Waals surface area contributed by atoms with Gasteiger partial charge in [0.25, 0.3) is 0 Å². The summed E-state index contributed by atoms with van der Waals surface area (Å²) in [6.45, 7) is 1.60. The Labute approximate surface area is 97.5 Å². The third-order valence-electron chi connectivity index (χ3n) is 2.32. The van der Waals surface area contributed by atoms with Crippen molar-refractivity contribution in [2.45, 2.75) is 19.4 Å². The molecule has 1 rings (SSSR count). The SMILES string of the molecule is CC(CC(=O)O)C(O)c1ccc(F)cc1Cl. The first-order valence-corrected chi connectivity index (χ1v) is 5.14. The van der Waals surface area contributed by atoms with Crippen LogP contribution in [0.2, 0.25) is 5.02 Å². The van der Waals surface area contributed by atoms with Crippen LogP contribution in [0.4, 0.5) is 4.39 Å². The fourth-order valence-electron chi connectivity index (χ4n) is 1.43. The van der Waals surface area contributed by atoms with Gasteiger partial charge in [-0.3, -0.25) is 4.79 Å². The van der Waals surface area contributed by atoms with Crippen molar-refractivity contribution in [2.24, 2.45) is 5.92 Å². The Bertz CT molecular complexity index is 395. The highest BCUT2D eigenvalue weighted by molar-refractivity contribution is 6.31. The molecule has 0 amide bonds. The lowest BCUT2D eigenvalue weighted by atomic mass is 9.94. The topological polar surface area (TPSA) is 57.5 Å². The lowest BCUT2D eigenvalue weighted by molar-refractivity contribution is -0.139. The Kier molecular flexibility index (Phi) is 4.26. The van der Waals surface area contributed by atoms with Gasteiger partial charge in [0.05, 0.1) is 12.5 Å². The molecule has 0 saturated carbocycles. The summed E-state index contributed by atoms with van der Waals surface area (Å²) in [6.07, 6.45) is -1.18. The maximum Gasteiger partial charge on any atom is 0.303 e. The van der Waals surface area contributed by atoms with Crippen LogP contribution < -0.4 is 0 Å². The highest BCUT2D eigenvalue weighted by Crippen LogP contribution is 2.30. The van der Waals surface area contributed by atoms with E-state index in [1.807, 2.05) is 0 Å². The molecule has 2 atom stereocenters. The zero-order valence-corrected chi connectivity index (χ0v) is 9.41. The van der Waals surface area contributed by atoms with Gasteiger partial charge in [-0.2, -0.15) is 0 Å². The second-order valence-electron chi connectivity index (χ2n) is 3.69. The highest BCUT2D eigenvalue weighted by Gasteiger charge is 2.21. The largest absolute Gasteiger partial charge is 0.481 e. The van der Waals surface area contributed by atoms with Crippen molar-refractivity contribution in [1.29, 1.82) is 0 Å². The Morgan fingerprint density at radius 1 is 1.56 bits per heavy atom. The van der Waals surface area contributed by atoms with E-state index >= 15 is 0 Å². The number of carboxylic acids is 1. The van der Waals surface area contributed by atoms with Crippen molar-refractivity contribution in [3.05, 3.63) is 34.6 Å². The van der Waals surface area contributed by atoms with Gasteiger partial charge >= 0.3 is 5.97 Å². The molecule has 3 nitrogen and oxygen atoms in total. The van der Waals surface area contributed by atoms with Crippen LogP contribution in [-0.4, -0.2) is 16.2 Å². The van der Waals surface area contributed by atoms with Crippen LogP contribution in [0.1, 0.15) is 25.0 Å². The standard InChI is InChI=1S/C11H12ClFO3/c1-6(4-10(14)15)11(16)8-3-2-7(13)5-9(8)12/h2-3,5-6,11,16H,4H2,1H3,(H,14,15). The van der Waals surface area contributed by atoms with Crippen molar-refractivity contribution >= 4 is 17.6 Å². The zero-order valence-electron chi connectivity index (χ0n) is 8.65. The minimum Gasteiger partial charge on any atom is -0.481 e. The Balaban J connectivity index is 2.87. The van der Waals surface area contributed by atoms with Gasteiger partial charge in [0.2, 0.25) is 0 Å². The lowest BCUT2D eigenvalue weighted by Crippen LogP contribution is -2.14. The molecule has 1 aromatic rings. The summed E-state index contributed by atoms with van der Waals surface area (Å²) in [5.74, 6) is -1.97. The number of carbonyl (C=O) groups is 1. The van der Waals surface area contributed by atoms with Crippen LogP contribution in [0.25, 0.3) is 0 Å². The molecule has 1 aromatic carbocycles. The minimum atomic E-state index is -1.01. The van der Waals surface area contributed by atoms with Crippen LogP contribution in [-0.2, 0) is 4.79 Å². The summed E-state index contributed by atoms with van der Waals surface area (Å²) < 4.78 is 12.8. The summed E-state index contributed by atoms with van der Waals surface area (Å²) >= 11 is 5.76. The molecule has 0 radical (unpaired) electrons. The number of benzene rings is 1. The van der Waals surface area contributed by atoms with Crippen molar-refractivity contribution in [2.75, 3.05) is 0 Å². The predicted octanol–water partition coefficient (Wildman–Crippen LogP) is 2.62. The molecule has 88 valence electrons. The number of aliphatic hydroxyl groups excluding tert-OH is 1. The van der Waals surface area contributed by atoms with Gasteiger partial charge in [-0.15, -0.1) is 0 Å². The van der Waals surface area contributed by atoms with Gasteiger partial charge in [-0.1, -0.05) is 24.6 Å². The van der Waals surface area contributed by atoms with Gasteiger partial charge in [-0.25, -0.2) is 4.39 Å². The average molecular weight is 247 g/mol. The number of rotatable bonds is 4. The van der Waals surface area contributed by atoms with Crippen LogP contribution in [0.5, 0.6) is 0 Å². The molecule has 0 aliphatic rings. The molecule has 0 aliphatic heterocycles. The third-order valence-corrected chi connectivity index (χ3v) is 2.64. The summed E-state index contributed by atoms with van der Waals surface area (Å²) in [4.78, 5) is 10.5. The summed E-state index contributed by atoms with van der Waals surface area (Å²) in [6, 6.07) is 3.63. The molecule has 0 spiro atoms. The Hall–Kier alpha value is -1.13. The third kappa shape index (κ3) is 3.18. The molecular weight excluding hydrogens is 235 g/mol. The van der Waals surface area contributed by atoms with E-state index in [1.54, 1.807) is 6.92 Å². The van der Waals surface area contributed by atoms with E-state index in [4.69, 9.17) is 16.7 Å². The van der Waals surface area contributed by atoms with E-state index in [1.165, 1.54) is 12.1 Å². The van der Waals surface area contributed by atoms with Crippen LogP contribution in [0, 0.1) is 11.7 Å². The van der Waals surface area contributed by atoms with Crippen LogP contribution >= 0.6 is 11.6 Å². The Morgan fingerprint density at radius 3 is 2.69 bits per heavy atom. The number of aliphatic hydroxyl groups is 1. The number of carboxylic acid groups (broad SMARTS) is 1. The number of hydrogen-bond donors (Lipinski definition) is 2. The lowest BCUT2D eigenvalue weighted by Gasteiger charge is -2.18. The monoisotopic (exact) mass is 246 g/mol. The maximum atomic E-state index is 12.8. The molecule has 0 heterocycles. The predicted molar refractivity (Wildman–Crippen MR) is 57.8 cm³/mol. The molecule has 0 saturated heterocycles. The number of hydrogen-bond acceptors (Lipinski definition) is 2. The second-order valence-corrected chi connectivity index (χ2v) is 4.09. The molecule has 2 unspecified atom stereocenters. The first-order chi connectivity index (χ1) is 7.41. The quantitative estimate of drug-likeness (QED) is 0.859. The van der Waals surface area contributed by atoms with Crippen LogP contribution in [0.15, 0.2) is 18.2 Å². The van der Waals surface area contributed by atoms with E-state index in [2.05, 4.69) is 0 Å². The van der Waals surface area contributed by atoms with E-state index in [0.29, 0.717) is 5.56 Å². The van der Waals surface area contributed by atoms with E-state index in [0.717, 1.165) is 6.07 Å². The van der Waals surface area contributed by atoms with Crippen molar-refractivity contribution in [3.63, 3.8) is 0 Å². The van der Waals surface area contributed by atoms with Crippen molar-refractivity contribution in [1.82, 2.24) is 0 Å². The van der Waals surface area contributed by atoms with Gasteiger partial charge in [0, 0.05) is 5.02 Å². The fourth-order valence-corrected chi connectivity index (χ4v) is 1.71. The van der Waals surface area contributed by atoms with E-state index in [9.17, 15) is 14.3 Å². The van der Waals surface area contributed by atoms with Crippen molar-refractivity contribution in [3.8, 4) is 0 Å². The average Bonchev–Trinajstić information content (AvgIpc) is 2.15. The molecular formula is C11H12ClFO3. The van der Waals surface area contributed by atoms with Gasteiger partial charge in [0.1, 0.15) is 5.82 Å². The Morgan fingerprint density at radius 2 is 2.19 bits per heavy atom. The second kappa shape index (κ2) is 5.27. The molecule has 0 fully saturated rings. The number of aliphatic carboxylic acids is 1. The van der Waals surface area contributed by atoms with Gasteiger partial charge < -0.3 is 10.2 Å². The van der Waals surface area contributed by atoms with Crippen LogP contribution in [0.3, 0.4) is 0 Å². The molecule has 0 bridgehead atoms. The summed E-state index contributed by atoms with van der Waals surface area (Å²) in [5.41, 5.74) is 0.344. The maximum absolute atomic E-state index is 12.8. The molecule has 0 aliphatic carbocycles. The first-order valence-electron chi connectivity index (χ1n) is 4.76. The summed E-state index contributed by atoms with van der Waals surface area (Å²) in [7, 11) is 0. The summed E-state index contributed by atoms with van der Waals surface area (Å²) in [5, 5.41) is 18.5. The molecule has 5 heteroatoms. The number of halogens is 2. The molecule has 16 heavy (non-hydrogen) atoms. The fraction of sp³-hybridized carbons (Fsp3) is 0.364. The smallest absolute Gasteiger partial charge is 0.303 e. The molecule has 2 N–H and O–H groups in total. The molecule has 0 aromatic heterocycles. The van der Waals surface area contributed by atoms with Gasteiger partial charge in [0.15, 0.2) is 0 Å². The highest BCUT2D eigenvalue weighted by atomic mass is 35.5. The van der Waals surface area contributed by atoms with E-state index in [-0.39, 0.29) is 11.4 Å². The van der Waals surface area contributed by atoms with Crippen molar-refractivity contribution < 1.29 is 19.4 Å².